The maximum atomic E-state index is 12.7. The Bertz CT molecular complexity index is 366. The summed E-state index contributed by atoms with van der Waals surface area (Å²) in [5.41, 5.74) is 1.58. The van der Waals surface area contributed by atoms with E-state index < -0.39 is 11.9 Å². The van der Waals surface area contributed by atoms with E-state index in [-0.39, 0.29) is 12.8 Å². The van der Waals surface area contributed by atoms with Gasteiger partial charge >= 0.3 is 5.97 Å². The van der Waals surface area contributed by atoms with Crippen molar-refractivity contribution in [2.24, 2.45) is 0 Å². The average Bonchev–Trinajstić information content (AvgIpc) is 2.18. The third kappa shape index (κ3) is 6.00. The van der Waals surface area contributed by atoms with Gasteiger partial charge in [0.1, 0.15) is 0 Å². The molecule has 0 aliphatic rings. The van der Waals surface area contributed by atoms with Crippen LogP contribution in [0, 0.1) is 0 Å². The van der Waals surface area contributed by atoms with Crippen LogP contribution in [0.1, 0.15) is 30.9 Å². The zero-order valence-corrected chi connectivity index (χ0v) is 9.75. The van der Waals surface area contributed by atoms with Gasteiger partial charge in [0.15, 0.2) is 0 Å². The Morgan fingerprint density at radius 3 is 2.24 bits per heavy atom. The zero-order valence-electron chi connectivity index (χ0n) is 9.75. The highest BCUT2D eigenvalue weighted by molar-refractivity contribution is 5.66. The Hall–Kier alpha value is -1.45. The second-order valence-corrected chi connectivity index (χ2v) is 4.31. The van der Waals surface area contributed by atoms with Crippen molar-refractivity contribution in [3.63, 3.8) is 0 Å². The Labute approximate surface area is 99.3 Å². The van der Waals surface area contributed by atoms with Gasteiger partial charge in [-0.15, -0.1) is 0 Å². The fraction of sp³-hybridized carbons (Fsp3) is 0.462. The Morgan fingerprint density at radius 2 is 1.76 bits per heavy atom. The molecular formula is C13H16F2O2. The minimum Gasteiger partial charge on any atom is -0.481 e. The molecular weight excluding hydrogens is 226 g/mol. The fourth-order valence-electron chi connectivity index (χ4n) is 1.63. The van der Waals surface area contributed by atoms with Crippen LogP contribution in [0.5, 0.6) is 0 Å². The largest absolute Gasteiger partial charge is 0.481 e. The van der Waals surface area contributed by atoms with E-state index in [1.54, 1.807) is 24.3 Å². The second-order valence-electron chi connectivity index (χ2n) is 4.31. The van der Waals surface area contributed by atoms with E-state index in [0.29, 0.717) is 18.4 Å². The number of halogens is 2. The van der Waals surface area contributed by atoms with Crippen molar-refractivity contribution in [1.29, 1.82) is 0 Å². The molecule has 0 fully saturated rings. The third-order valence-corrected chi connectivity index (χ3v) is 2.39. The summed E-state index contributed by atoms with van der Waals surface area (Å²) >= 11 is 0. The quantitative estimate of drug-likeness (QED) is 0.831. The van der Waals surface area contributed by atoms with Gasteiger partial charge in [-0.3, -0.25) is 4.79 Å². The predicted molar refractivity (Wildman–Crippen MR) is 61.3 cm³/mol. The average molecular weight is 242 g/mol. The highest BCUT2D eigenvalue weighted by Crippen LogP contribution is 2.19. The highest BCUT2D eigenvalue weighted by Gasteiger charge is 2.21. The molecule has 0 aliphatic heterocycles. The van der Waals surface area contributed by atoms with Crippen LogP contribution in [0.15, 0.2) is 24.3 Å². The molecule has 0 saturated carbocycles. The molecule has 0 amide bonds. The van der Waals surface area contributed by atoms with Gasteiger partial charge < -0.3 is 5.11 Å². The molecule has 17 heavy (non-hydrogen) atoms. The minimum atomic E-state index is -2.69. The smallest absolute Gasteiger partial charge is 0.303 e. The first-order valence-electron chi connectivity index (χ1n) is 5.54. The number of hydrogen-bond acceptors (Lipinski definition) is 1. The maximum absolute atomic E-state index is 12.7. The molecule has 0 spiro atoms. The van der Waals surface area contributed by atoms with Crippen molar-refractivity contribution < 1.29 is 18.7 Å². The van der Waals surface area contributed by atoms with Crippen LogP contribution < -0.4 is 0 Å². The van der Waals surface area contributed by atoms with Gasteiger partial charge in [-0.25, -0.2) is 8.78 Å². The van der Waals surface area contributed by atoms with Crippen molar-refractivity contribution in [3.05, 3.63) is 35.4 Å². The lowest BCUT2D eigenvalue weighted by Crippen LogP contribution is -2.13. The molecule has 0 aliphatic carbocycles. The van der Waals surface area contributed by atoms with Gasteiger partial charge in [0.25, 0.3) is 0 Å². The number of carbonyl (C=O) groups is 1. The molecule has 1 aromatic carbocycles. The van der Waals surface area contributed by atoms with Gasteiger partial charge in [-0.05, 0) is 30.9 Å². The zero-order chi connectivity index (χ0) is 12.9. The maximum Gasteiger partial charge on any atom is 0.303 e. The molecule has 0 radical (unpaired) electrons. The van der Waals surface area contributed by atoms with E-state index in [9.17, 15) is 13.6 Å². The molecule has 0 aromatic heterocycles. The van der Waals surface area contributed by atoms with Gasteiger partial charge in [-0.2, -0.15) is 0 Å². The van der Waals surface area contributed by atoms with E-state index >= 15 is 0 Å². The molecule has 0 unspecified atom stereocenters. The number of aryl methyl sites for hydroxylation is 1. The summed E-state index contributed by atoms with van der Waals surface area (Å²) in [5.74, 6) is -3.50. The highest BCUT2D eigenvalue weighted by atomic mass is 19.3. The van der Waals surface area contributed by atoms with E-state index in [1.807, 2.05) is 0 Å². The number of benzene rings is 1. The van der Waals surface area contributed by atoms with E-state index in [4.69, 9.17) is 5.11 Å². The van der Waals surface area contributed by atoms with Crippen molar-refractivity contribution in [1.82, 2.24) is 0 Å². The SMILES string of the molecule is CC(F)(F)Cc1ccc(CCCC(=O)O)cc1. The standard InChI is InChI=1S/C13H16F2O2/c1-13(14,15)9-11-7-5-10(6-8-11)3-2-4-12(16)17/h5-8H,2-4,9H2,1H3,(H,16,17). The number of alkyl halides is 2. The first-order valence-corrected chi connectivity index (χ1v) is 5.54. The van der Waals surface area contributed by atoms with Crippen molar-refractivity contribution in [3.8, 4) is 0 Å². The van der Waals surface area contributed by atoms with Gasteiger partial charge in [0.2, 0.25) is 5.92 Å². The summed E-state index contributed by atoms with van der Waals surface area (Å²) in [6, 6.07) is 6.91. The molecule has 1 N–H and O–H groups in total. The van der Waals surface area contributed by atoms with Gasteiger partial charge in [0, 0.05) is 12.8 Å². The number of carboxylic acid groups (broad SMARTS) is 1. The predicted octanol–water partition coefficient (Wildman–Crippen LogP) is 3.29. The monoisotopic (exact) mass is 242 g/mol. The number of rotatable bonds is 6. The van der Waals surface area contributed by atoms with E-state index in [1.165, 1.54) is 0 Å². The molecule has 1 rings (SSSR count). The first kappa shape index (κ1) is 13.6. The Morgan fingerprint density at radius 1 is 1.24 bits per heavy atom. The van der Waals surface area contributed by atoms with Crippen LogP contribution in [0.4, 0.5) is 8.78 Å². The number of carboxylic acids is 1. The van der Waals surface area contributed by atoms with Crippen molar-refractivity contribution in [2.75, 3.05) is 0 Å². The molecule has 0 saturated heterocycles. The molecule has 0 heterocycles. The van der Waals surface area contributed by atoms with Crippen LogP contribution in [-0.2, 0) is 17.6 Å². The molecule has 1 aromatic rings. The van der Waals surface area contributed by atoms with Crippen LogP contribution in [0.3, 0.4) is 0 Å². The van der Waals surface area contributed by atoms with E-state index in [2.05, 4.69) is 0 Å². The van der Waals surface area contributed by atoms with E-state index in [0.717, 1.165) is 12.5 Å². The summed E-state index contributed by atoms with van der Waals surface area (Å²) in [5, 5.41) is 8.48. The summed E-state index contributed by atoms with van der Waals surface area (Å²) < 4.78 is 25.5. The Kier molecular flexibility index (Phi) is 4.61. The van der Waals surface area contributed by atoms with Crippen LogP contribution in [0.2, 0.25) is 0 Å². The summed E-state index contributed by atoms with van der Waals surface area (Å²) in [4.78, 5) is 10.3. The van der Waals surface area contributed by atoms with Crippen molar-refractivity contribution >= 4 is 5.97 Å². The normalized spacial score (nSPS) is 11.5. The first-order chi connectivity index (χ1) is 7.87. The second kappa shape index (κ2) is 5.75. The molecule has 94 valence electrons. The topological polar surface area (TPSA) is 37.3 Å². The van der Waals surface area contributed by atoms with Crippen molar-refractivity contribution in [2.45, 2.75) is 38.5 Å². The summed E-state index contributed by atoms with van der Waals surface area (Å²) in [6.07, 6.45) is 1.10. The molecule has 0 bridgehead atoms. The van der Waals surface area contributed by atoms with Crippen LogP contribution in [-0.4, -0.2) is 17.0 Å². The van der Waals surface area contributed by atoms with Crippen LogP contribution >= 0.6 is 0 Å². The molecule has 0 atom stereocenters. The number of aliphatic carboxylic acids is 1. The minimum absolute atomic E-state index is 0.134. The molecule has 2 nitrogen and oxygen atoms in total. The van der Waals surface area contributed by atoms with Crippen LogP contribution in [0.25, 0.3) is 0 Å². The summed E-state index contributed by atoms with van der Waals surface area (Å²) in [6.45, 7) is 0.897. The lowest BCUT2D eigenvalue weighted by atomic mass is 10.0. The fourth-order valence-corrected chi connectivity index (χ4v) is 1.63. The number of hydrogen-bond donors (Lipinski definition) is 1. The lowest BCUT2D eigenvalue weighted by Gasteiger charge is -2.10. The van der Waals surface area contributed by atoms with Gasteiger partial charge in [-0.1, -0.05) is 24.3 Å². The summed E-state index contributed by atoms with van der Waals surface area (Å²) in [7, 11) is 0. The third-order valence-electron chi connectivity index (χ3n) is 2.39. The Balaban J connectivity index is 2.47. The lowest BCUT2D eigenvalue weighted by molar-refractivity contribution is -0.137. The van der Waals surface area contributed by atoms with Gasteiger partial charge in [0.05, 0.1) is 0 Å². The molecule has 4 heteroatoms.